The first-order valence-corrected chi connectivity index (χ1v) is 6.85. The van der Waals surface area contributed by atoms with Gasteiger partial charge in [-0.2, -0.15) is 0 Å². The first-order valence-electron chi connectivity index (χ1n) is 5.17. The molecule has 0 saturated heterocycles. The highest BCUT2D eigenvalue weighted by molar-refractivity contribution is 9.11. The van der Waals surface area contributed by atoms with Crippen molar-refractivity contribution in [2.24, 2.45) is 0 Å². The van der Waals surface area contributed by atoms with E-state index in [1.165, 1.54) is 12.7 Å². The molecule has 0 aromatic carbocycles. The Morgan fingerprint density at radius 1 is 1.62 bits per heavy atom. The molecule has 1 aromatic heterocycles. The van der Waals surface area contributed by atoms with E-state index in [1.54, 1.807) is 11.3 Å². The van der Waals surface area contributed by atoms with Crippen LogP contribution < -0.4 is 0 Å². The number of carbonyl (C=O) groups is 1. The van der Waals surface area contributed by atoms with Crippen molar-refractivity contribution >= 4 is 33.2 Å². The van der Waals surface area contributed by atoms with Crippen molar-refractivity contribution < 1.29 is 9.53 Å². The second-order valence-corrected chi connectivity index (χ2v) is 5.74. The number of carbonyl (C=O) groups excluding carboxylic acids is 1. The number of nitrogens with zero attached hydrogens (tertiary/aromatic N) is 1. The second kappa shape index (κ2) is 7.04. The van der Waals surface area contributed by atoms with Crippen molar-refractivity contribution in [2.75, 3.05) is 20.2 Å². The Bertz CT molecular complexity index is 340. The Hall–Kier alpha value is -0.390. The maximum atomic E-state index is 11.0. The molecule has 1 heterocycles. The van der Waals surface area contributed by atoms with Gasteiger partial charge >= 0.3 is 5.97 Å². The molecule has 1 aromatic rings. The van der Waals surface area contributed by atoms with Gasteiger partial charge in [-0.05, 0) is 39.5 Å². The Kier molecular flexibility index (Phi) is 6.01. The zero-order valence-electron chi connectivity index (χ0n) is 9.53. The van der Waals surface area contributed by atoms with Gasteiger partial charge < -0.3 is 4.74 Å². The standard InChI is InChI=1S/C11H16BrNO2S/c1-3-13(5-4-11(14)15-2)7-9-6-10(12)16-8-9/h6,8H,3-5,7H2,1-2H3. The van der Waals surface area contributed by atoms with E-state index in [9.17, 15) is 4.79 Å². The number of thiophene rings is 1. The highest BCUT2D eigenvalue weighted by atomic mass is 79.9. The minimum atomic E-state index is -0.148. The monoisotopic (exact) mass is 305 g/mol. The maximum Gasteiger partial charge on any atom is 0.306 e. The molecular formula is C11H16BrNO2S. The lowest BCUT2D eigenvalue weighted by Crippen LogP contribution is -2.25. The van der Waals surface area contributed by atoms with Crippen LogP contribution in [0.1, 0.15) is 18.9 Å². The average molecular weight is 306 g/mol. The van der Waals surface area contributed by atoms with Crippen LogP contribution in [-0.4, -0.2) is 31.1 Å². The third-order valence-electron chi connectivity index (χ3n) is 2.33. The molecule has 0 atom stereocenters. The lowest BCUT2D eigenvalue weighted by Gasteiger charge is -2.18. The normalized spacial score (nSPS) is 10.8. The third-order valence-corrected chi connectivity index (χ3v) is 3.89. The molecule has 0 aliphatic rings. The number of rotatable bonds is 6. The SMILES string of the molecule is CCN(CCC(=O)OC)Cc1csc(Br)c1. The van der Waals surface area contributed by atoms with Gasteiger partial charge in [0.1, 0.15) is 0 Å². The molecule has 1 rings (SSSR count). The van der Waals surface area contributed by atoms with E-state index >= 15 is 0 Å². The molecule has 0 aliphatic carbocycles. The van der Waals surface area contributed by atoms with Crippen LogP contribution in [0.15, 0.2) is 15.2 Å². The predicted molar refractivity (Wildman–Crippen MR) is 69.6 cm³/mol. The van der Waals surface area contributed by atoms with Crippen LogP contribution in [0.25, 0.3) is 0 Å². The molecule has 0 unspecified atom stereocenters. The largest absolute Gasteiger partial charge is 0.469 e. The number of ether oxygens (including phenoxy) is 1. The quantitative estimate of drug-likeness (QED) is 0.757. The number of hydrogen-bond acceptors (Lipinski definition) is 4. The van der Waals surface area contributed by atoms with Crippen LogP contribution in [0.3, 0.4) is 0 Å². The smallest absolute Gasteiger partial charge is 0.306 e. The Balaban J connectivity index is 2.40. The molecular weight excluding hydrogens is 290 g/mol. The second-order valence-electron chi connectivity index (χ2n) is 3.45. The van der Waals surface area contributed by atoms with Crippen LogP contribution in [0, 0.1) is 0 Å². The summed E-state index contributed by atoms with van der Waals surface area (Å²) in [6, 6.07) is 2.12. The van der Waals surface area contributed by atoms with Crippen molar-refractivity contribution in [3.8, 4) is 0 Å². The molecule has 90 valence electrons. The molecule has 3 nitrogen and oxygen atoms in total. The minimum Gasteiger partial charge on any atom is -0.469 e. The van der Waals surface area contributed by atoms with E-state index < -0.39 is 0 Å². The maximum absolute atomic E-state index is 11.0. The minimum absolute atomic E-state index is 0.148. The summed E-state index contributed by atoms with van der Waals surface area (Å²) < 4.78 is 5.77. The van der Waals surface area contributed by atoms with E-state index in [1.807, 2.05) is 0 Å². The summed E-state index contributed by atoms with van der Waals surface area (Å²) in [5, 5.41) is 2.13. The lowest BCUT2D eigenvalue weighted by atomic mass is 10.3. The summed E-state index contributed by atoms with van der Waals surface area (Å²) in [5.41, 5.74) is 1.28. The van der Waals surface area contributed by atoms with Gasteiger partial charge in [-0.25, -0.2) is 0 Å². The predicted octanol–water partition coefficient (Wildman–Crippen LogP) is 2.90. The molecule has 0 N–H and O–H groups in total. The summed E-state index contributed by atoms with van der Waals surface area (Å²) in [7, 11) is 1.43. The summed E-state index contributed by atoms with van der Waals surface area (Å²) in [6.07, 6.45) is 0.454. The summed E-state index contributed by atoms with van der Waals surface area (Å²) in [5.74, 6) is -0.148. The molecule has 0 amide bonds. The van der Waals surface area contributed by atoms with E-state index in [0.717, 1.165) is 23.4 Å². The van der Waals surface area contributed by atoms with Gasteiger partial charge in [-0.15, -0.1) is 11.3 Å². The van der Waals surface area contributed by atoms with Gasteiger partial charge in [0.2, 0.25) is 0 Å². The average Bonchev–Trinajstić information content (AvgIpc) is 2.69. The molecule has 0 radical (unpaired) electrons. The van der Waals surface area contributed by atoms with Gasteiger partial charge in [-0.3, -0.25) is 9.69 Å². The first kappa shape index (κ1) is 13.7. The summed E-state index contributed by atoms with van der Waals surface area (Å²) in [6.45, 7) is 4.66. The summed E-state index contributed by atoms with van der Waals surface area (Å²) in [4.78, 5) is 13.3. The van der Waals surface area contributed by atoms with E-state index in [4.69, 9.17) is 0 Å². The van der Waals surface area contributed by atoms with Crippen molar-refractivity contribution in [3.63, 3.8) is 0 Å². The van der Waals surface area contributed by atoms with Gasteiger partial charge in [-0.1, -0.05) is 6.92 Å². The van der Waals surface area contributed by atoms with Gasteiger partial charge in [0.05, 0.1) is 17.3 Å². The van der Waals surface area contributed by atoms with Gasteiger partial charge in [0.25, 0.3) is 0 Å². The van der Waals surface area contributed by atoms with Gasteiger partial charge in [0, 0.05) is 13.1 Å². The van der Waals surface area contributed by atoms with Crippen LogP contribution in [0.2, 0.25) is 0 Å². The molecule has 16 heavy (non-hydrogen) atoms. The molecule has 0 spiro atoms. The van der Waals surface area contributed by atoms with Gasteiger partial charge in [0.15, 0.2) is 0 Å². The fourth-order valence-electron chi connectivity index (χ4n) is 1.39. The van der Waals surface area contributed by atoms with Crippen LogP contribution in [0.5, 0.6) is 0 Å². The fourth-order valence-corrected chi connectivity index (χ4v) is 2.59. The molecule has 5 heteroatoms. The molecule has 0 fully saturated rings. The highest BCUT2D eigenvalue weighted by Gasteiger charge is 2.08. The number of hydrogen-bond donors (Lipinski definition) is 0. The van der Waals surface area contributed by atoms with Crippen molar-refractivity contribution in [1.82, 2.24) is 4.90 Å². The topological polar surface area (TPSA) is 29.5 Å². The van der Waals surface area contributed by atoms with Crippen LogP contribution in [-0.2, 0) is 16.1 Å². The van der Waals surface area contributed by atoms with E-state index in [0.29, 0.717) is 6.42 Å². The van der Waals surface area contributed by atoms with E-state index in [-0.39, 0.29) is 5.97 Å². The lowest BCUT2D eigenvalue weighted by molar-refractivity contribution is -0.141. The van der Waals surface area contributed by atoms with E-state index in [2.05, 4.69) is 43.9 Å². The number of halogens is 1. The Morgan fingerprint density at radius 3 is 2.88 bits per heavy atom. The van der Waals surface area contributed by atoms with Crippen LogP contribution in [0.4, 0.5) is 0 Å². The molecule has 0 aliphatic heterocycles. The van der Waals surface area contributed by atoms with Crippen molar-refractivity contribution in [1.29, 1.82) is 0 Å². The highest BCUT2D eigenvalue weighted by Crippen LogP contribution is 2.21. The van der Waals surface area contributed by atoms with Crippen LogP contribution >= 0.6 is 27.3 Å². The number of esters is 1. The fraction of sp³-hybridized carbons (Fsp3) is 0.545. The zero-order valence-corrected chi connectivity index (χ0v) is 11.9. The zero-order chi connectivity index (χ0) is 12.0. The third kappa shape index (κ3) is 4.63. The van der Waals surface area contributed by atoms with Crippen molar-refractivity contribution in [3.05, 3.63) is 20.8 Å². The Labute approximate surface area is 109 Å². The summed E-state index contributed by atoms with van der Waals surface area (Å²) >= 11 is 5.13. The Morgan fingerprint density at radius 2 is 2.38 bits per heavy atom. The first-order chi connectivity index (χ1) is 7.65. The number of methoxy groups -OCH3 is 1. The van der Waals surface area contributed by atoms with Crippen molar-refractivity contribution in [2.45, 2.75) is 19.9 Å². The molecule has 0 saturated carbocycles. The molecule has 0 bridgehead atoms.